The fourth-order valence-corrected chi connectivity index (χ4v) is 4.66. The molecule has 0 aliphatic carbocycles. The van der Waals surface area contributed by atoms with Crippen LogP contribution in [0.3, 0.4) is 0 Å². The zero-order valence-electron chi connectivity index (χ0n) is 19.5. The third-order valence-electron chi connectivity index (χ3n) is 5.41. The summed E-state index contributed by atoms with van der Waals surface area (Å²) in [5.41, 5.74) is 3.84. The van der Waals surface area contributed by atoms with Crippen LogP contribution in [0.4, 0.5) is 0 Å². The second-order valence-electron chi connectivity index (χ2n) is 7.31. The first-order valence-corrected chi connectivity index (χ1v) is 11.1. The van der Waals surface area contributed by atoms with Crippen LogP contribution in [0, 0.1) is 6.92 Å². The number of esters is 1. The summed E-state index contributed by atoms with van der Waals surface area (Å²) in [6, 6.07) is 7.50. The fraction of sp³-hybridized carbons (Fsp3) is 0.333. The second-order valence-corrected chi connectivity index (χ2v) is 8.10. The van der Waals surface area contributed by atoms with Crippen molar-refractivity contribution < 1.29 is 28.9 Å². The Kier molecular flexibility index (Phi) is 7.53. The summed E-state index contributed by atoms with van der Waals surface area (Å²) in [7, 11) is 4.66. The van der Waals surface area contributed by atoms with Gasteiger partial charge in [0.2, 0.25) is 0 Å². The van der Waals surface area contributed by atoms with Crippen molar-refractivity contribution in [1.29, 1.82) is 0 Å². The number of hydrogen-bond acceptors (Lipinski definition) is 7. The molecule has 1 heterocycles. The van der Waals surface area contributed by atoms with Crippen LogP contribution in [-0.2, 0) is 11.2 Å². The van der Waals surface area contributed by atoms with E-state index in [9.17, 15) is 10.0 Å². The summed E-state index contributed by atoms with van der Waals surface area (Å²) >= 11 is 3.65. The van der Waals surface area contributed by atoms with Gasteiger partial charge in [-0.05, 0) is 61.0 Å². The highest BCUT2D eigenvalue weighted by molar-refractivity contribution is 9.10. The minimum atomic E-state index is -0.464. The van der Waals surface area contributed by atoms with Gasteiger partial charge in [0.05, 0.1) is 54.6 Å². The third-order valence-corrected chi connectivity index (χ3v) is 6.25. The van der Waals surface area contributed by atoms with Gasteiger partial charge in [0.25, 0.3) is 0 Å². The fourth-order valence-electron chi connectivity index (χ4n) is 3.99. The summed E-state index contributed by atoms with van der Waals surface area (Å²) < 4.78 is 24.7. The van der Waals surface area contributed by atoms with Gasteiger partial charge in [-0.15, -0.1) is 0 Å². The summed E-state index contributed by atoms with van der Waals surface area (Å²) in [5.74, 6) is 1.08. The minimum absolute atomic E-state index is 0.229. The maximum absolute atomic E-state index is 13.1. The van der Waals surface area contributed by atoms with Crippen molar-refractivity contribution in [2.45, 2.75) is 27.2 Å². The highest BCUT2D eigenvalue weighted by atomic mass is 79.9. The van der Waals surface area contributed by atoms with Gasteiger partial charge in [-0.25, -0.2) is 4.79 Å². The molecule has 0 aliphatic heterocycles. The first kappa shape index (κ1) is 24.4. The number of benzene rings is 2. The molecule has 0 atom stereocenters. The molecule has 0 fully saturated rings. The van der Waals surface area contributed by atoms with E-state index in [1.165, 1.54) is 14.2 Å². The van der Waals surface area contributed by atoms with Crippen molar-refractivity contribution in [3.05, 3.63) is 45.6 Å². The number of oxime groups is 1. The lowest BCUT2D eigenvalue weighted by atomic mass is 10.0. The predicted molar refractivity (Wildman–Crippen MR) is 130 cm³/mol. The maximum atomic E-state index is 13.1. The molecule has 176 valence electrons. The molecule has 1 N–H and O–H groups in total. The van der Waals surface area contributed by atoms with Crippen LogP contribution in [0.25, 0.3) is 16.6 Å². The summed E-state index contributed by atoms with van der Waals surface area (Å²) in [5, 5.41) is 13.3. The molecule has 8 nitrogen and oxygen atoms in total. The molecule has 0 unspecified atom stereocenters. The van der Waals surface area contributed by atoms with E-state index in [1.54, 1.807) is 21.0 Å². The van der Waals surface area contributed by atoms with E-state index in [0.717, 1.165) is 11.3 Å². The van der Waals surface area contributed by atoms with E-state index in [-0.39, 0.29) is 6.61 Å². The Bertz CT molecular complexity index is 1210. The van der Waals surface area contributed by atoms with Gasteiger partial charge in [0.1, 0.15) is 5.75 Å². The predicted octanol–water partition coefficient (Wildman–Crippen LogP) is 5.30. The smallest absolute Gasteiger partial charge is 0.340 e. The molecule has 1 aromatic heterocycles. The largest absolute Gasteiger partial charge is 0.497 e. The first-order chi connectivity index (χ1) is 15.8. The van der Waals surface area contributed by atoms with Crippen LogP contribution in [0.15, 0.2) is 33.9 Å². The van der Waals surface area contributed by atoms with Crippen LogP contribution in [-0.4, -0.2) is 49.4 Å². The Morgan fingerprint density at radius 2 is 1.73 bits per heavy atom. The van der Waals surface area contributed by atoms with Gasteiger partial charge in [-0.1, -0.05) is 5.16 Å². The third kappa shape index (κ3) is 4.25. The van der Waals surface area contributed by atoms with Crippen molar-refractivity contribution >= 4 is 38.5 Å². The van der Waals surface area contributed by atoms with Crippen molar-refractivity contribution in [3.63, 3.8) is 0 Å². The Hall–Kier alpha value is -3.20. The number of aromatic nitrogens is 1. The molecule has 0 bridgehead atoms. The average Bonchev–Trinajstić information content (AvgIpc) is 3.12. The molecule has 0 saturated carbocycles. The monoisotopic (exact) mass is 518 g/mol. The molecule has 0 amide bonds. The van der Waals surface area contributed by atoms with E-state index in [0.29, 0.717) is 56.0 Å². The Morgan fingerprint density at radius 1 is 1.09 bits per heavy atom. The standard InChI is InChI=1S/C24H27BrN2O6/c1-7-33-24(28)18-14(3)27(15-8-10-16(30-4)11-9-15)21-17(12-13(2)26-29)20(25)23(32-6)22(31-5)19(18)21/h8-11,29H,7,12H2,1-6H3/b26-13+. The molecule has 2 aromatic carbocycles. The number of ether oxygens (including phenoxy) is 4. The van der Waals surface area contributed by atoms with Crippen LogP contribution >= 0.6 is 15.9 Å². The normalized spacial score (nSPS) is 11.5. The lowest BCUT2D eigenvalue weighted by Crippen LogP contribution is -2.07. The quantitative estimate of drug-likeness (QED) is 0.188. The number of fused-ring (bicyclic) bond motifs is 1. The Labute approximate surface area is 200 Å². The SMILES string of the molecule is CCOC(=O)c1c(C)n(-c2ccc(OC)cc2)c2c(C/C(C)=N/O)c(Br)c(OC)c(OC)c12. The maximum Gasteiger partial charge on any atom is 0.340 e. The van der Waals surface area contributed by atoms with Crippen LogP contribution in [0.5, 0.6) is 17.2 Å². The summed E-state index contributed by atoms with van der Waals surface area (Å²) in [4.78, 5) is 13.1. The van der Waals surface area contributed by atoms with E-state index >= 15 is 0 Å². The Morgan fingerprint density at radius 3 is 2.24 bits per heavy atom. The number of nitrogens with zero attached hydrogens (tertiary/aromatic N) is 2. The average molecular weight is 519 g/mol. The second kappa shape index (κ2) is 10.2. The zero-order valence-corrected chi connectivity index (χ0v) is 21.1. The van der Waals surface area contributed by atoms with Crippen molar-refractivity contribution in [2.24, 2.45) is 5.16 Å². The number of methoxy groups -OCH3 is 3. The number of carbonyl (C=O) groups excluding carboxylic acids is 1. The highest BCUT2D eigenvalue weighted by Gasteiger charge is 2.31. The van der Waals surface area contributed by atoms with E-state index < -0.39 is 5.97 Å². The van der Waals surface area contributed by atoms with Gasteiger partial charge in [-0.3, -0.25) is 0 Å². The molecule has 0 radical (unpaired) electrons. The first-order valence-electron chi connectivity index (χ1n) is 10.3. The summed E-state index contributed by atoms with van der Waals surface area (Å²) in [6.45, 7) is 5.56. The van der Waals surface area contributed by atoms with Gasteiger partial charge in [0.15, 0.2) is 11.5 Å². The highest BCUT2D eigenvalue weighted by Crippen LogP contribution is 2.49. The molecule has 3 rings (SSSR count). The van der Waals surface area contributed by atoms with Gasteiger partial charge < -0.3 is 28.7 Å². The van der Waals surface area contributed by atoms with Gasteiger partial charge in [-0.2, -0.15) is 0 Å². The van der Waals surface area contributed by atoms with Crippen molar-refractivity contribution in [2.75, 3.05) is 27.9 Å². The lowest BCUT2D eigenvalue weighted by Gasteiger charge is -2.18. The van der Waals surface area contributed by atoms with Gasteiger partial charge >= 0.3 is 5.97 Å². The lowest BCUT2D eigenvalue weighted by molar-refractivity contribution is 0.0527. The molecule has 33 heavy (non-hydrogen) atoms. The van der Waals surface area contributed by atoms with Crippen molar-refractivity contribution in [1.82, 2.24) is 4.57 Å². The molecular weight excluding hydrogens is 492 g/mol. The Balaban J connectivity index is 2.57. The number of rotatable bonds is 8. The van der Waals surface area contributed by atoms with Crippen LogP contribution in [0.2, 0.25) is 0 Å². The molecule has 0 aliphatic rings. The topological polar surface area (TPSA) is 91.5 Å². The number of halogens is 1. The number of hydrogen-bond donors (Lipinski definition) is 1. The summed E-state index contributed by atoms with van der Waals surface area (Å²) in [6.07, 6.45) is 0.301. The van der Waals surface area contributed by atoms with Crippen molar-refractivity contribution in [3.8, 4) is 22.9 Å². The molecule has 3 aromatic rings. The molecule has 9 heteroatoms. The van der Waals surface area contributed by atoms with Crippen LogP contribution < -0.4 is 14.2 Å². The molecule has 0 spiro atoms. The molecular formula is C24H27BrN2O6. The van der Waals surface area contributed by atoms with E-state index in [1.807, 2.05) is 35.8 Å². The van der Waals surface area contributed by atoms with E-state index in [4.69, 9.17) is 18.9 Å². The minimum Gasteiger partial charge on any atom is -0.497 e. The zero-order chi connectivity index (χ0) is 24.3. The van der Waals surface area contributed by atoms with E-state index in [2.05, 4.69) is 21.1 Å². The number of carbonyl (C=O) groups is 1. The van der Waals surface area contributed by atoms with Crippen LogP contribution in [0.1, 0.15) is 35.5 Å². The van der Waals surface area contributed by atoms with Gasteiger partial charge in [0, 0.05) is 23.4 Å². The molecule has 0 saturated heterocycles.